The molecule has 1 aromatic heterocycles. The van der Waals surface area contributed by atoms with Crippen molar-refractivity contribution in [3.05, 3.63) is 23.4 Å². The van der Waals surface area contributed by atoms with Crippen molar-refractivity contribution in [3.8, 4) is 0 Å². The highest BCUT2D eigenvalue weighted by atomic mass is 32.2. The molecule has 1 aromatic rings. The lowest BCUT2D eigenvalue weighted by atomic mass is 10.0. The highest BCUT2D eigenvalue weighted by Gasteiger charge is 2.15. The number of rotatable bonds is 4. The fraction of sp³-hybridized carbons (Fsp3) is 0.643. The number of nitrogens with zero attached hydrogens (tertiary/aromatic N) is 1. The third-order valence-electron chi connectivity index (χ3n) is 3.38. The van der Waals surface area contributed by atoms with E-state index in [2.05, 4.69) is 24.4 Å². The van der Waals surface area contributed by atoms with Crippen LogP contribution in [-0.2, 0) is 6.54 Å². The summed E-state index contributed by atoms with van der Waals surface area (Å²) in [7, 11) is 1.98. The van der Waals surface area contributed by atoms with Crippen LogP contribution < -0.4 is 5.32 Å². The average Bonchev–Trinajstić information content (AvgIpc) is 2.34. The third kappa shape index (κ3) is 3.71. The number of hydrogen-bond donors (Lipinski definition) is 1. The van der Waals surface area contributed by atoms with Gasteiger partial charge >= 0.3 is 0 Å². The standard InChI is InChI=1S/C14H22N2S/c1-11-12(10-15-2)8-9-14(16-11)17-13-6-4-3-5-7-13/h8-9,13,15H,3-7,10H2,1-2H3. The molecule has 0 unspecified atom stereocenters. The van der Waals surface area contributed by atoms with Crippen molar-refractivity contribution >= 4 is 11.8 Å². The maximum absolute atomic E-state index is 4.71. The fourth-order valence-corrected chi connectivity index (χ4v) is 3.61. The van der Waals surface area contributed by atoms with Crippen LogP contribution in [0.5, 0.6) is 0 Å². The first kappa shape index (κ1) is 12.9. The second-order valence-corrected chi connectivity index (χ2v) is 6.12. The highest BCUT2D eigenvalue weighted by molar-refractivity contribution is 7.99. The Morgan fingerprint density at radius 3 is 2.71 bits per heavy atom. The molecule has 17 heavy (non-hydrogen) atoms. The van der Waals surface area contributed by atoms with Gasteiger partial charge in [-0.15, -0.1) is 11.8 Å². The molecule has 3 heteroatoms. The third-order valence-corrected chi connectivity index (χ3v) is 4.65. The Bertz CT molecular complexity index is 359. The monoisotopic (exact) mass is 250 g/mol. The zero-order valence-corrected chi connectivity index (χ0v) is 11.6. The van der Waals surface area contributed by atoms with Crippen LogP contribution in [0.15, 0.2) is 17.2 Å². The number of thioether (sulfide) groups is 1. The van der Waals surface area contributed by atoms with E-state index in [4.69, 9.17) is 4.98 Å². The molecular weight excluding hydrogens is 228 g/mol. The van der Waals surface area contributed by atoms with Gasteiger partial charge in [0.15, 0.2) is 0 Å². The van der Waals surface area contributed by atoms with Gasteiger partial charge in [-0.3, -0.25) is 0 Å². The van der Waals surface area contributed by atoms with Gasteiger partial charge in [-0.05, 0) is 38.4 Å². The van der Waals surface area contributed by atoms with E-state index in [1.807, 2.05) is 18.8 Å². The molecule has 0 aromatic carbocycles. The molecule has 0 atom stereocenters. The number of aryl methyl sites for hydroxylation is 1. The molecule has 1 fully saturated rings. The highest BCUT2D eigenvalue weighted by Crippen LogP contribution is 2.32. The van der Waals surface area contributed by atoms with E-state index >= 15 is 0 Å². The van der Waals surface area contributed by atoms with Crippen molar-refractivity contribution in [2.24, 2.45) is 0 Å². The van der Waals surface area contributed by atoms with E-state index in [1.165, 1.54) is 48.4 Å². The van der Waals surface area contributed by atoms with Crippen LogP contribution in [0, 0.1) is 6.92 Å². The van der Waals surface area contributed by atoms with Crippen molar-refractivity contribution in [2.45, 2.75) is 55.8 Å². The van der Waals surface area contributed by atoms with Gasteiger partial charge in [-0.25, -0.2) is 4.98 Å². The summed E-state index contributed by atoms with van der Waals surface area (Å²) in [4.78, 5) is 4.71. The maximum Gasteiger partial charge on any atom is 0.0965 e. The van der Waals surface area contributed by atoms with Crippen LogP contribution in [0.4, 0.5) is 0 Å². The molecular formula is C14H22N2S. The van der Waals surface area contributed by atoms with Gasteiger partial charge in [0.25, 0.3) is 0 Å². The van der Waals surface area contributed by atoms with E-state index in [0.717, 1.165) is 11.8 Å². The zero-order chi connectivity index (χ0) is 12.1. The molecule has 1 aliphatic rings. The second kappa shape index (κ2) is 6.41. The summed E-state index contributed by atoms with van der Waals surface area (Å²) in [6.45, 7) is 3.02. The molecule has 2 rings (SSSR count). The van der Waals surface area contributed by atoms with Crippen LogP contribution in [0.25, 0.3) is 0 Å². The first-order valence-electron chi connectivity index (χ1n) is 6.57. The lowest BCUT2D eigenvalue weighted by molar-refractivity contribution is 0.515. The molecule has 1 aliphatic carbocycles. The van der Waals surface area contributed by atoms with Gasteiger partial charge in [0.2, 0.25) is 0 Å². The number of nitrogens with one attached hydrogen (secondary N) is 1. The molecule has 0 amide bonds. The Morgan fingerprint density at radius 1 is 1.29 bits per heavy atom. The quantitative estimate of drug-likeness (QED) is 0.885. The predicted octanol–water partition coefficient (Wildman–Crippen LogP) is 3.53. The maximum atomic E-state index is 4.71. The summed E-state index contributed by atoms with van der Waals surface area (Å²) in [5.74, 6) is 0. The molecule has 0 saturated heterocycles. The van der Waals surface area contributed by atoms with Crippen LogP contribution in [-0.4, -0.2) is 17.3 Å². The van der Waals surface area contributed by atoms with Crippen molar-refractivity contribution in [2.75, 3.05) is 7.05 Å². The Labute approximate surface area is 109 Å². The molecule has 0 bridgehead atoms. The first-order chi connectivity index (χ1) is 8.29. The van der Waals surface area contributed by atoms with Crippen LogP contribution in [0.3, 0.4) is 0 Å². The molecule has 0 aliphatic heterocycles. The Morgan fingerprint density at radius 2 is 2.06 bits per heavy atom. The van der Waals surface area contributed by atoms with Gasteiger partial charge < -0.3 is 5.32 Å². The minimum Gasteiger partial charge on any atom is -0.316 e. The van der Waals surface area contributed by atoms with E-state index in [-0.39, 0.29) is 0 Å². The van der Waals surface area contributed by atoms with Gasteiger partial charge in [-0.1, -0.05) is 25.3 Å². The van der Waals surface area contributed by atoms with Crippen LogP contribution in [0.2, 0.25) is 0 Å². The summed E-state index contributed by atoms with van der Waals surface area (Å²) in [5, 5.41) is 5.18. The van der Waals surface area contributed by atoms with Gasteiger partial charge in [0, 0.05) is 17.5 Å². The van der Waals surface area contributed by atoms with E-state index in [1.54, 1.807) is 0 Å². The topological polar surface area (TPSA) is 24.9 Å². The Kier molecular flexibility index (Phi) is 4.86. The summed E-state index contributed by atoms with van der Waals surface area (Å²) in [6.07, 6.45) is 6.95. The summed E-state index contributed by atoms with van der Waals surface area (Å²) in [6, 6.07) is 4.39. The lowest BCUT2D eigenvalue weighted by Gasteiger charge is -2.20. The Balaban J connectivity index is 1.98. The molecule has 1 saturated carbocycles. The molecule has 1 heterocycles. The molecule has 0 spiro atoms. The minimum atomic E-state index is 0.797. The van der Waals surface area contributed by atoms with Gasteiger partial charge in [0.05, 0.1) is 5.03 Å². The normalized spacial score (nSPS) is 17.3. The number of aromatic nitrogens is 1. The number of pyridine rings is 1. The number of hydrogen-bond acceptors (Lipinski definition) is 3. The van der Waals surface area contributed by atoms with E-state index in [0.29, 0.717) is 0 Å². The largest absolute Gasteiger partial charge is 0.316 e. The summed E-state index contributed by atoms with van der Waals surface area (Å²) in [5.41, 5.74) is 2.47. The van der Waals surface area contributed by atoms with Gasteiger partial charge in [-0.2, -0.15) is 0 Å². The Hall–Kier alpha value is -0.540. The van der Waals surface area contributed by atoms with Crippen molar-refractivity contribution in [1.82, 2.24) is 10.3 Å². The van der Waals surface area contributed by atoms with Gasteiger partial charge in [0.1, 0.15) is 0 Å². The van der Waals surface area contributed by atoms with Crippen LogP contribution >= 0.6 is 11.8 Å². The smallest absolute Gasteiger partial charge is 0.0965 e. The van der Waals surface area contributed by atoms with Crippen molar-refractivity contribution in [1.29, 1.82) is 0 Å². The minimum absolute atomic E-state index is 0.797. The van der Waals surface area contributed by atoms with Crippen LogP contribution in [0.1, 0.15) is 43.4 Å². The summed E-state index contributed by atoms with van der Waals surface area (Å²) >= 11 is 1.97. The SMILES string of the molecule is CNCc1ccc(SC2CCCCC2)nc1C. The predicted molar refractivity (Wildman–Crippen MR) is 74.5 cm³/mol. The zero-order valence-electron chi connectivity index (χ0n) is 10.8. The average molecular weight is 250 g/mol. The van der Waals surface area contributed by atoms with E-state index in [9.17, 15) is 0 Å². The van der Waals surface area contributed by atoms with Crippen molar-refractivity contribution in [3.63, 3.8) is 0 Å². The fourth-order valence-electron chi connectivity index (χ4n) is 2.36. The second-order valence-electron chi connectivity index (χ2n) is 4.80. The molecule has 1 N–H and O–H groups in total. The first-order valence-corrected chi connectivity index (χ1v) is 7.45. The lowest BCUT2D eigenvalue weighted by Crippen LogP contribution is -2.10. The molecule has 94 valence electrons. The summed E-state index contributed by atoms with van der Waals surface area (Å²) < 4.78 is 0. The molecule has 2 nitrogen and oxygen atoms in total. The van der Waals surface area contributed by atoms with Crippen molar-refractivity contribution < 1.29 is 0 Å². The molecule has 0 radical (unpaired) electrons. The van der Waals surface area contributed by atoms with E-state index < -0.39 is 0 Å².